The van der Waals surface area contributed by atoms with Crippen LogP contribution < -0.4 is 9.47 Å². The monoisotopic (exact) mass is 496 g/mol. The number of nitriles is 3. The van der Waals surface area contributed by atoms with Crippen LogP contribution in [-0.4, -0.2) is 20.1 Å². The van der Waals surface area contributed by atoms with E-state index < -0.39 is 34.5 Å². The molecule has 2 fully saturated rings. The Morgan fingerprint density at radius 1 is 0.971 bits per heavy atom. The molecular weight excluding hydrogens is 479 g/mol. The maximum atomic E-state index is 10.4. The van der Waals surface area contributed by atoms with E-state index >= 15 is 0 Å². The molecule has 10 heteroatoms. The standard InChI is InChI=1S/C24H18Cl2N4O4/c1-13-23(12-29)21(30)34-24(13,16-6-5-15(25)9-17(16)26)33-20(22(23,10-27)11-28)14-4-7-18(31-2)19(8-14)32-3/h4-9,13,20,30H,1-3H3. The molecule has 4 atom stereocenters. The lowest BCUT2D eigenvalue weighted by molar-refractivity contribution is -0.288. The summed E-state index contributed by atoms with van der Waals surface area (Å²) in [7, 11) is 2.92. The quantitative estimate of drug-likeness (QED) is 0.620. The third kappa shape index (κ3) is 2.76. The van der Waals surface area contributed by atoms with Gasteiger partial charge in [0.05, 0.1) is 43.4 Å². The number of hydrogen-bond donors (Lipinski definition) is 1. The second kappa shape index (κ2) is 8.08. The molecule has 0 saturated carbocycles. The largest absolute Gasteiger partial charge is 0.493 e. The maximum Gasteiger partial charge on any atom is 0.245 e. The van der Waals surface area contributed by atoms with Gasteiger partial charge in [-0.3, -0.25) is 5.41 Å². The normalized spacial score (nSPS) is 28.7. The molecule has 0 aliphatic carbocycles. The summed E-state index contributed by atoms with van der Waals surface area (Å²) in [5.74, 6) is -2.47. The summed E-state index contributed by atoms with van der Waals surface area (Å²) in [6, 6.07) is 15.5. The summed E-state index contributed by atoms with van der Waals surface area (Å²) >= 11 is 12.6. The number of nitrogens with one attached hydrogen (secondary N) is 1. The van der Waals surface area contributed by atoms with Gasteiger partial charge in [0.2, 0.25) is 17.1 Å². The van der Waals surface area contributed by atoms with E-state index in [-0.39, 0.29) is 5.02 Å². The number of methoxy groups -OCH3 is 2. The van der Waals surface area contributed by atoms with Crippen molar-refractivity contribution in [1.29, 1.82) is 21.2 Å². The van der Waals surface area contributed by atoms with Crippen molar-refractivity contribution in [3.05, 3.63) is 57.6 Å². The Labute approximate surface area is 206 Å². The molecule has 2 aliphatic heterocycles. The Morgan fingerprint density at radius 2 is 1.65 bits per heavy atom. The van der Waals surface area contributed by atoms with Crippen molar-refractivity contribution < 1.29 is 18.9 Å². The lowest BCUT2D eigenvalue weighted by Gasteiger charge is -2.49. The summed E-state index contributed by atoms with van der Waals surface area (Å²) in [5, 5.41) is 40.3. The number of rotatable bonds is 4. The lowest BCUT2D eigenvalue weighted by atomic mass is 9.53. The minimum absolute atomic E-state index is 0.188. The van der Waals surface area contributed by atoms with Crippen molar-refractivity contribution in [2.24, 2.45) is 16.7 Å². The Bertz CT molecular complexity index is 1310. The first-order chi connectivity index (χ1) is 16.2. The van der Waals surface area contributed by atoms with Gasteiger partial charge in [-0.15, -0.1) is 0 Å². The first kappa shape index (κ1) is 23.7. The van der Waals surface area contributed by atoms with Gasteiger partial charge >= 0.3 is 0 Å². The van der Waals surface area contributed by atoms with E-state index in [9.17, 15) is 15.8 Å². The predicted octanol–water partition coefficient (Wildman–Crippen LogP) is 5.12. The first-order valence-electron chi connectivity index (χ1n) is 10.1. The first-order valence-corrected chi connectivity index (χ1v) is 10.8. The summed E-state index contributed by atoms with van der Waals surface area (Å²) in [4.78, 5) is 0. The van der Waals surface area contributed by atoms with Gasteiger partial charge in [-0.2, -0.15) is 15.8 Å². The zero-order valence-corrected chi connectivity index (χ0v) is 19.9. The zero-order valence-electron chi connectivity index (χ0n) is 18.3. The molecule has 0 aromatic heterocycles. The molecule has 172 valence electrons. The van der Waals surface area contributed by atoms with Gasteiger partial charge < -0.3 is 18.9 Å². The Kier molecular flexibility index (Phi) is 5.62. The van der Waals surface area contributed by atoms with E-state index in [0.29, 0.717) is 27.6 Å². The highest BCUT2D eigenvalue weighted by molar-refractivity contribution is 6.35. The fraction of sp³-hybridized carbons (Fsp3) is 0.333. The van der Waals surface area contributed by atoms with Crippen LogP contribution in [0.25, 0.3) is 0 Å². The van der Waals surface area contributed by atoms with Crippen molar-refractivity contribution in [1.82, 2.24) is 0 Å². The van der Waals surface area contributed by atoms with E-state index in [1.807, 2.05) is 12.1 Å². The van der Waals surface area contributed by atoms with Crippen LogP contribution in [0.1, 0.15) is 24.2 Å². The zero-order chi connectivity index (χ0) is 24.9. The van der Waals surface area contributed by atoms with E-state index in [1.54, 1.807) is 37.3 Å². The second-order valence-corrected chi connectivity index (χ2v) is 8.85. The van der Waals surface area contributed by atoms with Crippen LogP contribution in [0.5, 0.6) is 11.5 Å². The second-order valence-electron chi connectivity index (χ2n) is 8.01. The van der Waals surface area contributed by atoms with Crippen LogP contribution >= 0.6 is 23.2 Å². The fourth-order valence-electron chi connectivity index (χ4n) is 4.93. The number of benzene rings is 2. The van der Waals surface area contributed by atoms with Gasteiger partial charge in [-0.05, 0) is 35.9 Å². The van der Waals surface area contributed by atoms with Gasteiger partial charge in [0.25, 0.3) is 0 Å². The molecule has 2 saturated heterocycles. The third-order valence-corrected chi connectivity index (χ3v) is 7.23. The van der Waals surface area contributed by atoms with Crippen LogP contribution in [0.2, 0.25) is 10.0 Å². The number of fused-ring (bicyclic) bond motifs is 2. The summed E-state index contributed by atoms with van der Waals surface area (Å²) < 4.78 is 23.1. The van der Waals surface area contributed by atoms with Crippen LogP contribution in [0.3, 0.4) is 0 Å². The smallest absolute Gasteiger partial charge is 0.245 e. The lowest BCUT2D eigenvalue weighted by Crippen LogP contribution is -2.57. The highest BCUT2D eigenvalue weighted by atomic mass is 35.5. The molecule has 8 nitrogen and oxygen atoms in total. The minimum Gasteiger partial charge on any atom is -0.493 e. The van der Waals surface area contributed by atoms with Gasteiger partial charge in [-0.1, -0.05) is 36.2 Å². The summed E-state index contributed by atoms with van der Waals surface area (Å²) in [6.07, 6.45) is -1.31. The highest BCUT2D eigenvalue weighted by Gasteiger charge is 2.80. The number of hydrogen-bond acceptors (Lipinski definition) is 8. The number of halogens is 2. The Morgan fingerprint density at radius 3 is 2.21 bits per heavy atom. The Balaban J connectivity index is 2.05. The van der Waals surface area contributed by atoms with E-state index in [0.717, 1.165) is 0 Å². The average molecular weight is 497 g/mol. The molecule has 2 heterocycles. The van der Waals surface area contributed by atoms with E-state index in [1.165, 1.54) is 20.3 Å². The van der Waals surface area contributed by atoms with Gasteiger partial charge in [0, 0.05) is 10.6 Å². The molecule has 1 N–H and O–H groups in total. The summed E-state index contributed by atoms with van der Waals surface area (Å²) in [6.45, 7) is 1.60. The molecule has 2 aromatic carbocycles. The number of ether oxygens (including phenoxy) is 4. The van der Waals surface area contributed by atoms with Crippen molar-refractivity contribution in [2.75, 3.05) is 14.2 Å². The molecular formula is C24H18Cl2N4O4. The summed E-state index contributed by atoms with van der Waals surface area (Å²) in [5.41, 5.74) is -3.41. The van der Waals surface area contributed by atoms with Crippen molar-refractivity contribution >= 4 is 29.1 Å². The third-order valence-electron chi connectivity index (χ3n) is 6.69. The highest BCUT2D eigenvalue weighted by Crippen LogP contribution is 2.69. The predicted molar refractivity (Wildman–Crippen MR) is 121 cm³/mol. The Hall–Kier alpha value is -3.48. The maximum absolute atomic E-state index is 10.4. The van der Waals surface area contributed by atoms with Crippen molar-refractivity contribution in [3.63, 3.8) is 0 Å². The van der Waals surface area contributed by atoms with Crippen LogP contribution in [-0.2, 0) is 15.3 Å². The molecule has 34 heavy (non-hydrogen) atoms. The molecule has 4 rings (SSSR count). The van der Waals surface area contributed by atoms with Gasteiger partial charge in [-0.25, -0.2) is 0 Å². The van der Waals surface area contributed by atoms with Gasteiger partial charge in [0.15, 0.2) is 16.9 Å². The molecule has 4 unspecified atom stereocenters. The van der Waals surface area contributed by atoms with Crippen LogP contribution in [0.4, 0.5) is 0 Å². The average Bonchev–Trinajstić information content (AvgIpc) is 2.99. The van der Waals surface area contributed by atoms with Gasteiger partial charge in [0.1, 0.15) is 6.10 Å². The van der Waals surface area contributed by atoms with E-state index in [4.69, 9.17) is 47.6 Å². The minimum atomic E-state index is -2.13. The van der Waals surface area contributed by atoms with E-state index in [2.05, 4.69) is 6.07 Å². The van der Waals surface area contributed by atoms with Crippen LogP contribution in [0.15, 0.2) is 36.4 Å². The van der Waals surface area contributed by atoms with Crippen molar-refractivity contribution in [2.45, 2.75) is 18.8 Å². The van der Waals surface area contributed by atoms with Crippen LogP contribution in [0, 0.1) is 56.2 Å². The van der Waals surface area contributed by atoms with Crippen molar-refractivity contribution in [3.8, 4) is 29.7 Å². The molecule has 0 amide bonds. The molecule has 2 aromatic rings. The molecule has 2 aliphatic rings. The number of nitrogens with zero attached hydrogens (tertiary/aromatic N) is 3. The SMILES string of the molecule is COc1ccc(C2OC3(c4ccc(Cl)cc4Cl)OC(=N)C(C#N)(C3C)C2(C#N)C#N)cc1OC. The topological polar surface area (TPSA) is 132 Å². The molecule has 0 radical (unpaired) electrons. The molecule has 0 spiro atoms. The molecule has 2 bridgehead atoms. The fourth-order valence-corrected chi connectivity index (χ4v) is 5.47.